The van der Waals surface area contributed by atoms with E-state index >= 15 is 0 Å². The van der Waals surface area contributed by atoms with Gasteiger partial charge in [-0.2, -0.15) is 5.10 Å². The van der Waals surface area contributed by atoms with Gasteiger partial charge in [0.05, 0.1) is 33.2 Å². The molecule has 3 rings (SSSR count). The van der Waals surface area contributed by atoms with E-state index in [0.717, 1.165) is 11.4 Å². The Morgan fingerprint density at radius 1 is 1.19 bits per heavy atom. The van der Waals surface area contributed by atoms with Crippen molar-refractivity contribution in [2.45, 2.75) is 13.8 Å². The maximum Gasteiger partial charge on any atom is 0.270 e. The van der Waals surface area contributed by atoms with Crippen molar-refractivity contribution >= 4 is 39.9 Å². The quantitative estimate of drug-likeness (QED) is 0.357. The van der Waals surface area contributed by atoms with E-state index in [4.69, 9.17) is 0 Å². The second kappa shape index (κ2) is 7.24. The van der Waals surface area contributed by atoms with Crippen molar-refractivity contribution < 1.29 is 9.72 Å². The number of anilines is 1. The molecule has 7 nitrogen and oxygen atoms in total. The molecule has 0 fully saturated rings. The Labute approximate surface area is 163 Å². The van der Waals surface area contributed by atoms with Crippen LogP contribution in [0.4, 0.5) is 11.4 Å². The number of amides is 1. The number of aromatic nitrogens is 2. The lowest BCUT2D eigenvalue weighted by molar-refractivity contribution is -0.384. The summed E-state index contributed by atoms with van der Waals surface area (Å²) in [5.74, 6) is -0.330. The molecule has 0 aliphatic rings. The van der Waals surface area contributed by atoms with Gasteiger partial charge in [0.25, 0.3) is 11.6 Å². The van der Waals surface area contributed by atoms with Crippen LogP contribution in [-0.2, 0) is 0 Å². The van der Waals surface area contributed by atoms with Crippen molar-refractivity contribution in [3.05, 3.63) is 79.2 Å². The monoisotopic (exact) mass is 462 g/mol. The lowest BCUT2D eigenvalue weighted by atomic mass is 10.2. The van der Waals surface area contributed by atoms with E-state index < -0.39 is 4.92 Å². The summed E-state index contributed by atoms with van der Waals surface area (Å²) >= 11 is 1.92. The van der Waals surface area contributed by atoms with Crippen LogP contribution in [0.5, 0.6) is 0 Å². The minimum absolute atomic E-state index is 0.0461. The molecule has 1 aromatic heterocycles. The van der Waals surface area contributed by atoms with E-state index in [1.165, 1.54) is 18.2 Å². The van der Waals surface area contributed by atoms with Crippen molar-refractivity contribution in [3.63, 3.8) is 0 Å². The largest absolute Gasteiger partial charge is 0.319 e. The van der Waals surface area contributed by atoms with E-state index in [2.05, 4.69) is 10.4 Å². The first-order chi connectivity index (χ1) is 12.4. The standard InChI is InChI=1S/C18H15IN4O3/c1-11-17(12(2)22(21-11)13-6-4-3-5-7-13)20-18(24)15-9-8-14(23(25)26)10-16(15)19/h3-10H,1-2H3,(H,20,24). The van der Waals surface area contributed by atoms with Crippen molar-refractivity contribution in [1.29, 1.82) is 0 Å². The molecule has 1 heterocycles. The SMILES string of the molecule is Cc1nn(-c2ccccc2)c(C)c1NC(=O)c1ccc([N+](=O)[O-])cc1I. The van der Waals surface area contributed by atoms with Gasteiger partial charge in [0.1, 0.15) is 0 Å². The fraction of sp³-hybridized carbons (Fsp3) is 0.111. The summed E-state index contributed by atoms with van der Waals surface area (Å²) in [5, 5.41) is 18.2. The van der Waals surface area contributed by atoms with Crippen LogP contribution in [0.15, 0.2) is 48.5 Å². The number of aryl methyl sites for hydroxylation is 1. The van der Waals surface area contributed by atoms with Gasteiger partial charge in [-0.25, -0.2) is 4.68 Å². The molecule has 3 aromatic rings. The van der Waals surface area contributed by atoms with Crippen molar-refractivity contribution in [2.24, 2.45) is 0 Å². The van der Waals surface area contributed by atoms with Gasteiger partial charge < -0.3 is 5.32 Å². The summed E-state index contributed by atoms with van der Waals surface area (Å²) in [6, 6.07) is 13.8. The Balaban J connectivity index is 1.91. The van der Waals surface area contributed by atoms with Crippen molar-refractivity contribution in [3.8, 4) is 5.69 Å². The van der Waals surface area contributed by atoms with Gasteiger partial charge >= 0.3 is 0 Å². The molecule has 8 heteroatoms. The van der Waals surface area contributed by atoms with Crippen LogP contribution in [0.3, 0.4) is 0 Å². The van der Waals surface area contributed by atoms with E-state index in [-0.39, 0.29) is 11.6 Å². The highest BCUT2D eigenvalue weighted by molar-refractivity contribution is 14.1. The second-order valence-corrected chi connectivity index (χ2v) is 6.83. The van der Waals surface area contributed by atoms with Gasteiger partial charge in [-0.05, 0) is 54.6 Å². The molecular formula is C18H15IN4O3. The molecule has 0 saturated heterocycles. The number of rotatable bonds is 4. The van der Waals surface area contributed by atoms with Crippen LogP contribution < -0.4 is 5.32 Å². The highest BCUT2D eigenvalue weighted by Gasteiger charge is 2.19. The number of nitrogens with one attached hydrogen (secondary N) is 1. The number of carbonyl (C=O) groups excluding carboxylic acids is 1. The molecule has 0 aliphatic carbocycles. The predicted octanol–water partition coefficient (Wildman–Crippen LogP) is 4.25. The van der Waals surface area contributed by atoms with Gasteiger partial charge in [-0.1, -0.05) is 18.2 Å². The van der Waals surface area contributed by atoms with Gasteiger partial charge in [-0.3, -0.25) is 14.9 Å². The van der Waals surface area contributed by atoms with Crippen molar-refractivity contribution in [2.75, 3.05) is 5.32 Å². The summed E-state index contributed by atoms with van der Waals surface area (Å²) in [5.41, 5.74) is 3.36. The highest BCUT2D eigenvalue weighted by atomic mass is 127. The maximum atomic E-state index is 12.6. The summed E-state index contributed by atoms with van der Waals surface area (Å²) in [4.78, 5) is 23.0. The molecule has 26 heavy (non-hydrogen) atoms. The zero-order chi connectivity index (χ0) is 18.8. The van der Waals surface area contributed by atoms with Crippen LogP contribution in [0.1, 0.15) is 21.7 Å². The number of hydrogen-bond donors (Lipinski definition) is 1. The third-order valence-electron chi connectivity index (χ3n) is 3.94. The molecule has 2 aromatic carbocycles. The van der Waals surface area contributed by atoms with Crippen molar-refractivity contribution in [1.82, 2.24) is 9.78 Å². The first kappa shape index (κ1) is 18.1. The summed E-state index contributed by atoms with van der Waals surface area (Å²) in [6.07, 6.45) is 0. The Hall–Kier alpha value is -2.75. The number of non-ortho nitro benzene ring substituents is 1. The maximum absolute atomic E-state index is 12.6. The molecule has 0 saturated carbocycles. The molecule has 0 spiro atoms. The number of halogens is 1. The number of nitro benzene ring substituents is 1. The van der Waals surface area contributed by atoms with Gasteiger partial charge in [-0.15, -0.1) is 0 Å². The molecule has 1 amide bonds. The number of nitro groups is 1. The molecule has 0 atom stereocenters. The molecular weight excluding hydrogens is 447 g/mol. The second-order valence-electron chi connectivity index (χ2n) is 5.67. The van der Waals surface area contributed by atoms with Crippen LogP contribution in [0.2, 0.25) is 0 Å². The molecule has 0 bridgehead atoms. The molecule has 0 radical (unpaired) electrons. The first-order valence-electron chi connectivity index (χ1n) is 7.75. The third kappa shape index (κ3) is 3.45. The first-order valence-corrected chi connectivity index (χ1v) is 8.83. The molecule has 1 N–H and O–H groups in total. The predicted molar refractivity (Wildman–Crippen MR) is 107 cm³/mol. The van der Waals surface area contributed by atoms with Gasteiger partial charge in [0.2, 0.25) is 0 Å². The van der Waals surface area contributed by atoms with Crippen LogP contribution in [0, 0.1) is 27.5 Å². The number of hydrogen-bond acceptors (Lipinski definition) is 4. The van der Waals surface area contributed by atoms with Crippen LogP contribution in [0.25, 0.3) is 5.69 Å². The smallest absolute Gasteiger partial charge is 0.270 e. The summed E-state index contributed by atoms with van der Waals surface area (Å²) in [6.45, 7) is 3.70. The Kier molecular flexibility index (Phi) is 5.03. The average Bonchev–Trinajstić information content (AvgIpc) is 2.90. The lowest BCUT2D eigenvalue weighted by Gasteiger charge is -2.08. The van der Waals surface area contributed by atoms with Gasteiger partial charge in [0.15, 0.2) is 0 Å². The number of para-hydroxylation sites is 1. The van der Waals surface area contributed by atoms with E-state index in [9.17, 15) is 14.9 Å². The Bertz CT molecular complexity index is 999. The van der Waals surface area contributed by atoms with Crippen LogP contribution >= 0.6 is 22.6 Å². The topological polar surface area (TPSA) is 90.1 Å². The number of nitrogens with zero attached hydrogens (tertiary/aromatic N) is 3. The summed E-state index contributed by atoms with van der Waals surface area (Å²) in [7, 11) is 0. The molecule has 0 unspecified atom stereocenters. The Morgan fingerprint density at radius 3 is 2.50 bits per heavy atom. The fourth-order valence-electron chi connectivity index (χ4n) is 2.63. The Morgan fingerprint density at radius 2 is 1.88 bits per heavy atom. The minimum Gasteiger partial charge on any atom is -0.319 e. The van der Waals surface area contributed by atoms with E-state index in [1.807, 2.05) is 66.8 Å². The highest BCUT2D eigenvalue weighted by Crippen LogP contribution is 2.25. The van der Waals surface area contributed by atoms with E-state index in [1.54, 1.807) is 4.68 Å². The third-order valence-corrected chi connectivity index (χ3v) is 4.83. The zero-order valence-corrected chi connectivity index (χ0v) is 16.2. The van der Waals surface area contributed by atoms with Crippen LogP contribution in [-0.4, -0.2) is 20.6 Å². The molecule has 132 valence electrons. The fourth-order valence-corrected chi connectivity index (χ4v) is 3.37. The number of carbonyl (C=O) groups is 1. The minimum atomic E-state index is -0.484. The van der Waals surface area contributed by atoms with E-state index in [0.29, 0.717) is 20.5 Å². The van der Waals surface area contributed by atoms with Gasteiger partial charge in [0, 0.05) is 15.7 Å². The average molecular weight is 462 g/mol. The molecule has 0 aliphatic heterocycles. The number of benzene rings is 2. The zero-order valence-electron chi connectivity index (χ0n) is 14.1. The summed E-state index contributed by atoms with van der Waals surface area (Å²) < 4.78 is 2.28. The normalized spacial score (nSPS) is 10.6. The lowest BCUT2D eigenvalue weighted by Crippen LogP contribution is -2.14.